The molecule has 0 N–H and O–H groups in total. The Morgan fingerprint density at radius 2 is 1.07 bits per heavy atom. The fourth-order valence-corrected chi connectivity index (χ4v) is 8.69. The minimum Gasteiger partial charge on any atom is -0.289 e. The van der Waals surface area contributed by atoms with Gasteiger partial charge in [-0.3, -0.25) is 9.59 Å². The number of hydrogen-bond acceptors (Lipinski definition) is 5. The first-order valence-corrected chi connectivity index (χ1v) is 17.9. The number of fused-ring (bicyclic) bond motifs is 2. The molecule has 0 bridgehead atoms. The minimum absolute atomic E-state index is 0.0975. The summed E-state index contributed by atoms with van der Waals surface area (Å²) in [5.74, 6) is 2.02. The maximum absolute atomic E-state index is 14.0. The average Bonchev–Trinajstić information content (AvgIpc) is 3.08. The van der Waals surface area contributed by atoms with Crippen molar-refractivity contribution in [3.63, 3.8) is 0 Å². The SMILES string of the molecule is CC1CCC(c2ccc(-c3ccc(Sc4cccc5c4C(=O)c4cccc(Sc6ccc(CS)cc6)c4C5=O)cc3)cc2)CC1. The zero-order valence-corrected chi connectivity index (χ0v) is 27.7. The lowest BCUT2D eigenvalue weighted by Crippen LogP contribution is -2.22. The lowest BCUT2D eigenvalue weighted by Gasteiger charge is -2.26. The smallest absolute Gasteiger partial charge is 0.195 e. The highest BCUT2D eigenvalue weighted by molar-refractivity contribution is 7.99. The van der Waals surface area contributed by atoms with Gasteiger partial charge in [0.15, 0.2) is 11.6 Å². The Labute approximate surface area is 279 Å². The van der Waals surface area contributed by atoms with Crippen molar-refractivity contribution in [2.45, 2.75) is 63.9 Å². The van der Waals surface area contributed by atoms with E-state index in [1.54, 1.807) is 12.1 Å². The van der Waals surface area contributed by atoms with Crippen molar-refractivity contribution < 1.29 is 9.59 Å². The molecule has 0 atom stereocenters. The van der Waals surface area contributed by atoms with Crippen molar-refractivity contribution in [1.82, 2.24) is 0 Å². The van der Waals surface area contributed by atoms with Crippen LogP contribution in [0.5, 0.6) is 0 Å². The maximum Gasteiger partial charge on any atom is 0.195 e. The van der Waals surface area contributed by atoms with Crippen molar-refractivity contribution in [2.24, 2.45) is 5.92 Å². The van der Waals surface area contributed by atoms with Crippen molar-refractivity contribution in [3.05, 3.63) is 143 Å². The number of thiol groups is 1. The monoisotopic (exact) mass is 642 g/mol. The summed E-state index contributed by atoms with van der Waals surface area (Å²) >= 11 is 7.39. The van der Waals surface area contributed by atoms with Crippen LogP contribution in [0.2, 0.25) is 0 Å². The van der Waals surface area contributed by atoms with E-state index in [0.717, 1.165) is 31.1 Å². The molecule has 2 aliphatic carbocycles. The molecule has 5 aromatic carbocycles. The van der Waals surface area contributed by atoms with E-state index in [0.29, 0.717) is 33.9 Å². The van der Waals surface area contributed by atoms with Gasteiger partial charge in [0.2, 0.25) is 0 Å². The van der Waals surface area contributed by atoms with Gasteiger partial charge in [-0.25, -0.2) is 0 Å². The molecule has 0 heterocycles. The minimum atomic E-state index is -0.0985. The van der Waals surface area contributed by atoms with Crippen LogP contribution in [0.1, 0.15) is 81.5 Å². The summed E-state index contributed by atoms with van der Waals surface area (Å²) in [4.78, 5) is 31.5. The summed E-state index contributed by atoms with van der Waals surface area (Å²) < 4.78 is 0. The van der Waals surface area contributed by atoms with Gasteiger partial charge < -0.3 is 0 Å². The highest BCUT2D eigenvalue weighted by Gasteiger charge is 2.33. The van der Waals surface area contributed by atoms with Gasteiger partial charge in [-0.2, -0.15) is 12.6 Å². The van der Waals surface area contributed by atoms with Crippen LogP contribution in [0.4, 0.5) is 0 Å². The molecule has 2 aliphatic rings. The number of carbonyl (C=O) groups excluding carboxylic acids is 2. The van der Waals surface area contributed by atoms with E-state index < -0.39 is 0 Å². The third-order valence-corrected chi connectivity index (χ3v) is 11.6. The Morgan fingerprint density at radius 3 is 1.56 bits per heavy atom. The molecule has 5 aromatic rings. The van der Waals surface area contributed by atoms with Gasteiger partial charge in [0.1, 0.15) is 0 Å². The van der Waals surface area contributed by atoms with Crippen molar-refractivity contribution in [2.75, 3.05) is 0 Å². The van der Waals surface area contributed by atoms with Crippen LogP contribution >= 0.6 is 36.2 Å². The third kappa shape index (κ3) is 6.18. The highest BCUT2D eigenvalue weighted by atomic mass is 32.2. The molecule has 0 saturated heterocycles. The predicted molar refractivity (Wildman–Crippen MR) is 189 cm³/mol. The van der Waals surface area contributed by atoms with E-state index >= 15 is 0 Å². The molecule has 2 nitrogen and oxygen atoms in total. The van der Waals surface area contributed by atoms with Crippen LogP contribution in [0, 0.1) is 5.92 Å². The molecular weight excluding hydrogens is 609 g/mol. The van der Waals surface area contributed by atoms with E-state index in [2.05, 4.69) is 68.1 Å². The van der Waals surface area contributed by atoms with Gasteiger partial charge in [-0.1, -0.05) is 116 Å². The molecule has 0 radical (unpaired) electrons. The van der Waals surface area contributed by atoms with Crippen LogP contribution in [0.15, 0.2) is 129 Å². The van der Waals surface area contributed by atoms with Gasteiger partial charge in [-0.15, -0.1) is 0 Å². The summed E-state index contributed by atoms with van der Waals surface area (Å²) in [7, 11) is 0. The molecule has 0 aromatic heterocycles. The van der Waals surface area contributed by atoms with E-state index in [9.17, 15) is 9.59 Å². The summed E-state index contributed by atoms with van der Waals surface area (Å²) in [6, 6.07) is 36.9. The number of rotatable bonds is 7. The number of benzene rings is 5. The Morgan fingerprint density at radius 1 is 0.600 bits per heavy atom. The van der Waals surface area contributed by atoms with Crippen LogP contribution < -0.4 is 0 Å². The van der Waals surface area contributed by atoms with Gasteiger partial charge in [0, 0.05) is 47.6 Å². The Kier molecular flexibility index (Phi) is 8.76. The molecule has 5 heteroatoms. The normalized spacial score (nSPS) is 17.6. The second-order valence-electron chi connectivity index (χ2n) is 12.1. The molecule has 224 valence electrons. The fraction of sp³-hybridized carbons (Fsp3) is 0.200. The zero-order chi connectivity index (χ0) is 30.9. The van der Waals surface area contributed by atoms with E-state index in [4.69, 9.17) is 0 Å². The molecule has 7 rings (SSSR count). The van der Waals surface area contributed by atoms with Crippen LogP contribution in [0.3, 0.4) is 0 Å². The van der Waals surface area contributed by atoms with Crippen molar-refractivity contribution in [3.8, 4) is 11.1 Å². The average molecular weight is 643 g/mol. The van der Waals surface area contributed by atoms with Crippen LogP contribution in [-0.2, 0) is 5.75 Å². The molecule has 0 spiro atoms. The van der Waals surface area contributed by atoms with Gasteiger partial charge in [0.25, 0.3) is 0 Å². The first-order chi connectivity index (χ1) is 22.0. The Balaban J connectivity index is 1.11. The summed E-state index contributed by atoms with van der Waals surface area (Å²) in [5.41, 5.74) is 6.91. The third-order valence-electron chi connectivity index (χ3n) is 9.14. The van der Waals surface area contributed by atoms with Crippen molar-refractivity contribution in [1.29, 1.82) is 0 Å². The zero-order valence-electron chi connectivity index (χ0n) is 25.2. The predicted octanol–water partition coefficient (Wildman–Crippen LogP) is 11.2. The highest BCUT2D eigenvalue weighted by Crippen LogP contribution is 2.42. The fourth-order valence-electron chi connectivity index (χ4n) is 6.52. The summed E-state index contributed by atoms with van der Waals surface area (Å²) in [5, 5.41) is 0. The number of hydrogen-bond donors (Lipinski definition) is 1. The molecular formula is C40H34O2S3. The lowest BCUT2D eigenvalue weighted by molar-refractivity contribution is 0.0974. The summed E-state index contributed by atoms with van der Waals surface area (Å²) in [6.45, 7) is 2.37. The molecule has 45 heavy (non-hydrogen) atoms. The Hall–Kier alpha value is -3.51. The van der Waals surface area contributed by atoms with Gasteiger partial charge >= 0.3 is 0 Å². The second kappa shape index (κ2) is 13.1. The van der Waals surface area contributed by atoms with Gasteiger partial charge in [0.05, 0.1) is 0 Å². The maximum atomic E-state index is 14.0. The molecule has 1 fully saturated rings. The Bertz CT molecular complexity index is 1870. The summed E-state index contributed by atoms with van der Waals surface area (Å²) in [6.07, 6.45) is 5.24. The largest absolute Gasteiger partial charge is 0.289 e. The van der Waals surface area contributed by atoms with Crippen LogP contribution in [-0.4, -0.2) is 11.6 Å². The second-order valence-corrected chi connectivity index (χ2v) is 14.7. The standard InChI is InChI=1S/C40H34O2S3/c1-25-8-12-27(13-9-25)28-14-16-29(17-15-28)30-18-22-32(23-19-30)45-36-7-3-5-34-38(36)40(42)33-4-2-6-35(37(33)39(34)41)44-31-20-10-26(24-43)11-21-31/h2-7,10-11,14-23,25,27,43H,8-9,12-13,24H2,1H3. The molecule has 0 aliphatic heterocycles. The van der Waals surface area contributed by atoms with E-state index in [-0.39, 0.29) is 11.6 Å². The van der Waals surface area contributed by atoms with E-state index in [1.807, 2.05) is 48.5 Å². The molecule has 0 amide bonds. The van der Waals surface area contributed by atoms with Gasteiger partial charge in [-0.05, 0) is 83.3 Å². The molecule has 0 unspecified atom stereocenters. The number of carbonyl (C=O) groups is 2. The van der Waals surface area contributed by atoms with E-state index in [1.165, 1.54) is 65.9 Å². The van der Waals surface area contributed by atoms with Crippen LogP contribution in [0.25, 0.3) is 11.1 Å². The topological polar surface area (TPSA) is 34.1 Å². The van der Waals surface area contributed by atoms with Crippen molar-refractivity contribution >= 4 is 47.7 Å². The number of ketones is 2. The lowest BCUT2D eigenvalue weighted by atomic mass is 9.79. The first kappa shape index (κ1) is 30.2. The molecule has 1 saturated carbocycles. The first-order valence-electron chi connectivity index (χ1n) is 15.6. The quantitative estimate of drug-likeness (QED) is 0.176.